The molecule has 2 fully saturated rings. The van der Waals surface area contributed by atoms with Gasteiger partial charge < -0.3 is 14.4 Å². The number of tetrazole rings is 1. The molecule has 1 unspecified atom stereocenters. The number of carbonyl (C=O) groups is 1. The molecule has 2 aliphatic heterocycles. The van der Waals surface area contributed by atoms with Gasteiger partial charge in [0.1, 0.15) is 6.10 Å². The number of piperidine rings is 1. The lowest BCUT2D eigenvalue weighted by atomic mass is 10.0. The molecular weight excluding hydrogens is 374 g/mol. The maximum Gasteiger partial charge on any atom is 0.253 e. The number of pyridine rings is 1. The van der Waals surface area contributed by atoms with E-state index in [4.69, 9.17) is 9.47 Å². The Kier molecular flexibility index (Phi) is 6.43. The first kappa shape index (κ1) is 19.9. The van der Waals surface area contributed by atoms with Crippen LogP contribution in [0.1, 0.15) is 35.1 Å². The Hall–Kier alpha value is -2.43. The van der Waals surface area contributed by atoms with Crippen molar-refractivity contribution in [1.82, 2.24) is 35.0 Å². The molecule has 0 aromatic carbocycles. The average molecular weight is 401 g/mol. The average Bonchev–Trinajstić information content (AvgIpc) is 3.27. The fourth-order valence-corrected chi connectivity index (χ4v) is 3.92. The molecule has 0 N–H and O–H groups in total. The van der Waals surface area contributed by atoms with Gasteiger partial charge in [-0.15, -0.1) is 10.2 Å². The molecule has 10 heteroatoms. The Morgan fingerprint density at radius 2 is 2.03 bits per heavy atom. The van der Waals surface area contributed by atoms with Crippen molar-refractivity contribution in [1.29, 1.82) is 0 Å². The van der Waals surface area contributed by atoms with Crippen LogP contribution >= 0.6 is 0 Å². The number of aromatic nitrogens is 5. The van der Waals surface area contributed by atoms with Gasteiger partial charge >= 0.3 is 0 Å². The largest absolute Gasteiger partial charge is 0.383 e. The van der Waals surface area contributed by atoms with E-state index in [-0.39, 0.29) is 12.0 Å². The summed E-state index contributed by atoms with van der Waals surface area (Å²) in [4.78, 5) is 22.5. The summed E-state index contributed by atoms with van der Waals surface area (Å²) in [5.74, 6) is 0.707. The summed E-state index contributed by atoms with van der Waals surface area (Å²) in [5.41, 5.74) is 0.701. The lowest BCUT2D eigenvalue weighted by Crippen LogP contribution is -2.50. The van der Waals surface area contributed by atoms with Crippen LogP contribution in [-0.2, 0) is 16.0 Å². The number of amides is 1. The molecule has 0 spiro atoms. The van der Waals surface area contributed by atoms with E-state index in [1.165, 1.54) is 0 Å². The van der Waals surface area contributed by atoms with Gasteiger partial charge in [-0.1, -0.05) is 0 Å². The Morgan fingerprint density at radius 1 is 1.24 bits per heavy atom. The zero-order valence-corrected chi connectivity index (χ0v) is 16.7. The molecule has 10 nitrogen and oxygen atoms in total. The van der Waals surface area contributed by atoms with Crippen LogP contribution in [0.25, 0.3) is 0 Å². The normalized spacial score (nSPS) is 21.4. The number of carbonyl (C=O) groups excluding carboxylic acids is 1. The van der Waals surface area contributed by atoms with Gasteiger partial charge in [-0.25, -0.2) is 0 Å². The number of morpholine rings is 1. The van der Waals surface area contributed by atoms with Crippen molar-refractivity contribution in [2.24, 2.45) is 0 Å². The topological polar surface area (TPSA) is 98.5 Å². The van der Waals surface area contributed by atoms with Crippen LogP contribution in [0, 0.1) is 0 Å². The van der Waals surface area contributed by atoms with E-state index in [0.717, 1.165) is 39.0 Å². The summed E-state index contributed by atoms with van der Waals surface area (Å²) in [7, 11) is 1.65. The summed E-state index contributed by atoms with van der Waals surface area (Å²) in [5, 5.41) is 12.7. The second-order valence-corrected chi connectivity index (χ2v) is 7.35. The molecule has 29 heavy (non-hydrogen) atoms. The van der Waals surface area contributed by atoms with E-state index in [0.29, 0.717) is 37.2 Å². The van der Waals surface area contributed by atoms with Crippen molar-refractivity contribution in [2.45, 2.75) is 31.5 Å². The van der Waals surface area contributed by atoms with Crippen LogP contribution in [-0.4, -0.2) is 93.4 Å². The molecular formula is C19H27N7O3. The highest BCUT2D eigenvalue weighted by molar-refractivity contribution is 5.94. The molecule has 2 aliphatic rings. The number of methoxy groups -OCH3 is 1. The summed E-state index contributed by atoms with van der Waals surface area (Å²) in [6, 6.07) is 3.98. The second kappa shape index (κ2) is 9.38. The number of rotatable bonds is 6. The third-order valence-corrected chi connectivity index (χ3v) is 5.54. The number of ether oxygens (including phenoxy) is 2. The van der Waals surface area contributed by atoms with Crippen molar-refractivity contribution in [3.05, 3.63) is 35.9 Å². The van der Waals surface area contributed by atoms with E-state index < -0.39 is 0 Å². The Labute approximate surface area is 169 Å². The Bertz CT molecular complexity index is 792. The molecule has 156 valence electrons. The molecule has 0 saturated carbocycles. The summed E-state index contributed by atoms with van der Waals surface area (Å²) in [6.45, 7) is 4.93. The Balaban J connectivity index is 1.30. The fraction of sp³-hybridized carbons (Fsp3) is 0.632. The van der Waals surface area contributed by atoms with Crippen molar-refractivity contribution < 1.29 is 14.3 Å². The highest BCUT2D eigenvalue weighted by atomic mass is 16.5. The zero-order chi connectivity index (χ0) is 20.1. The molecule has 0 aliphatic carbocycles. The standard InChI is InChI=1S/C19H27N7O3/c1-28-12-11-26-22-18(21-23-26)17-14-25(10-13-29-17)16-4-8-24(9-5-16)19(27)15-2-6-20-7-3-15/h2-3,6-7,16-17H,4-5,8-14H2,1H3. The van der Waals surface area contributed by atoms with Crippen molar-refractivity contribution in [3.63, 3.8) is 0 Å². The van der Waals surface area contributed by atoms with Crippen LogP contribution in [0.15, 0.2) is 24.5 Å². The first-order valence-electron chi connectivity index (χ1n) is 10.1. The zero-order valence-electron chi connectivity index (χ0n) is 16.7. The van der Waals surface area contributed by atoms with Crippen LogP contribution in [0.3, 0.4) is 0 Å². The minimum atomic E-state index is -0.170. The highest BCUT2D eigenvalue weighted by Crippen LogP contribution is 2.25. The molecule has 4 rings (SSSR count). The summed E-state index contributed by atoms with van der Waals surface area (Å²) in [6.07, 6.45) is 5.06. The second-order valence-electron chi connectivity index (χ2n) is 7.35. The van der Waals surface area contributed by atoms with Gasteiger partial charge in [-0.3, -0.25) is 14.7 Å². The van der Waals surface area contributed by atoms with E-state index in [1.54, 1.807) is 36.4 Å². The predicted octanol–water partition coefficient (Wildman–Crippen LogP) is 0.393. The molecule has 4 heterocycles. The van der Waals surface area contributed by atoms with Crippen LogP contribution in [0.4, 0.5) is 0 Å². The van der Waals surface area contributed by atoms with Crippen molar-refractivity contribution in [2.75, 3.05) is 46.5 Å². The third-order valence-electron chi connectivity index (χ3n) is 5.54. The van der Waals surface area contributed by atoms with Crippen molar-refractivity contribution in [3.8, 4) is 0 Å². The molecule has 2 aromatic rings. The maximum atomic E-state index is 12.6. The number of hydrogen-bond donors (Lipinski definition) is 0. The monoisotopic (exact) mass is 401 g/mol. The highest BCUT2D eigenvalue weighted by Gasteiger charge is 2.32. The van der Waals surface area contributed by atoms with E-state index >= 15 is 0 Å². The first-order chi connectivity index (χ1) is 14.2. The van der Waals surface area contributed by atoms with E-state index in [1.807, 2.05) is 4.90 Å². The lowest BCUT2D eigenvalue weighted by molar-refractivity contribution is -0.0562. The minimum Gasteiger partial charge on any atom is -0.383 e. The van der Waals surface area contributed by atoms with Gasteiger partial charge in [0.15, 0.2) is 0 Å². The molecule has 2 aromatic heterocycles. The van der Waals surface area contributed by atoms with Gasteiger partial charge in [0.05, 0.1) is 19.8 Å². The smallest absolute Gasteiger partial charge is 0.253 e. The number of hydrogen-bond acceptors (Lipinski definition) is 8. The molecule has 1 amide bonds. The van der Waals surface area contributed by atoms with Crippen molar-refractivity contribution >= 4 is 5.91 Å². The van der Waals surface area contributed by atoms with Gasteiger partial charge in [0, 0.05) is 57.3 Å². The first-order valence-corrected chi connectivity index (χ1v) is 10.1. The summed E-state index contributed by atoms with van der Waals surface area (Å²) < 4.78 is 10.9. The number of nitrogens with zero attached hydrogens (tertiary/aromatic N) is 7. The summed E-state index contributed by atoms with van der Waals surface area (Å²) >= 11 is 0. The molecule has 0 radical (unpaired) electrons. The molecule has 0 bridgehead atoms. The fourth-order valence-electron chi connectivity index (χ4n) is 3.92. The van der Waals surface area contributed by atoms with E-state index in [2.05, 4.69) is 25.3 Å². The molecule has 1 atom stereocenters. The number of likely N-dealkylation sites (tertiary alicyclic amines) is 1. The lowest BCUT2D eigenvalue weighted by Gasteiger charge is -2.41. The maximum absolute atomic E-state index is 12.6. The van der Waals surface area contributed by atoms with E-state index in [9.17, 15) is 4.79 Å². The predicted molar refractivity (Wildman–Crippen MR) is 103 cm³/mol. The third kappa shape index (κ3) is 4.77. The quantitative estimate of drug-likeness (QED) is 0.686. The molecule has 2 saturated heterocycles. The van der Waals surface area contributed by atoms with Gasteiger partial charge in [0.2, 0.25) is 5.82 Å². The minimum absolute atomic E-state index is 0.0857. The van der Waals surface area contributed by atoms with Gasteiger partial charge in [-0.2, -0.15) is 4.80 Å². The Morgan fingerprint density at radius 3 is 2.79 bits per heavy atom. The van der Waals surface area contributed by atoms with Gasteiger partial charge in [-0.05, 0) is 30.2 Å². The van der Waals surface area contributed by atoms with Gasteiger partial charge in [0.25, 0.3) is 5.91 Å². The SMILES string of the molecule is COCCn1nnc(C2CN(C3CCN(C(=O)c4ccncc4)CC3)CCO2)n1. The van der Waals surface area contributed by atoms with Crippen LogP contribution < -0.4 is 0 Å². The van der Waals surface area contributed by atoms with Crippen LogP contribution in [0.5, 0.6) is 0 Å². The van der Waals surface area contributed by atoms with Crippen LogP contribution in [0.2, 0.25) is 0 Å².